The van der Waals surface area contributed by atoms with E-state index in [0.29, 0.717) is 63.1 Å². The number of ether oxygens (including phenoxy) is 2. The predicted octanol–water partition coefficient (Wildman–Crippen LogP) is 11.3. The lowest BCUT2D eigenvalue weighted by molar-refractivity contribution is 0.480. The van der Waals surface area contributed by atoms with Gasteiger partial charge in [-0.2, -0.15) is 0 Å². The summed E-state index contributed by atoms with van der Waals surface area (Å²) in [4.78, 5) is 27.0. The maximum atomic E-state index is 15.6. The van der Waals surface area contributed by atoms with Crippen LogP contribution in [0.25, 0.3) is 22.8 Å². The third-order valence-corrected chi connectivity index (χ3v) is 9.00. The summed E-state index contributed by atoms with van der Waals surface area (Å²) in [5.74, 6) is 1.72. The molecule has 0 fully saturated rings. The van der Waals surface area contributed by atoms with E-state index < -0.39 is 11.6 Å². The van der Waals surface area contributed by atoms with Crippen molar-refractivity contribution in [3.63, 3.8) is 0 Å². The molecule has 0 radical (unpaired) electrons. The zero-order valence-electron chi connectivity index (χ0n) is 30.2. The van der Waals surface area contributed by atoms with Crippen LogP contribution in [0.4, 0.5) is 31.8 Å². The molecule has 0 aliphatic rings. The van der Waals surface area contributed by atoms with Crippen molar-refractivity contribution in [2.24, 2.45) is 0 Å². The smallest absolute Gasteiger partial charge is 0.188 e. The minimum absolute atomic E-state index is 0.115. The van der Waals surface area contributed by atoms with Gasteiger partial charge in [0.25, 0.3) is 0 Å². The summed E-state index contributed by atoms with van der Waals surface area (Å²) in [5.41, 5.74) is 4.00. The van der Waals surface area contributed by atoms with Crippen LogP contribution in [-0.4, -0.2) is 29.9 Å². The molecular weight excluding hydrogens is 746 g/mol. The molecule has 2 N–H and O–H groups in total. The van der Waals surface area contributed by atoms with E-state index in [0.717, 1.165) is 11.1 Å². The third-order valence-electron chi connectivity index (χ3n) is 8.77. The van der Waals surface area contributed by atoms with E-state index in [1.54, 1.807) is 61.1 Å². The number of para-hydroxylation sites is 2. The number of nitrogens with one attached hydrogen (secondary N) is 2. The Morgan fingerprint density at radius 3 is 1.82 bits per heavy atom. The molecule has 0 bridgehead atoms. The summed E-state index contributed by atoms with van der Waals surface area (Å²) < 4.78 is 42.7. The van der Waals surface area contributed by atoms with Gasteiger partial charge in [0.2, 0.25) is 0 Å². The van der Waals surface area contributed by atoms with Crippen LogP contribution in [0.3, 0.4) is 0 Å². The molecule has 0 amide bonds. The highest BCUT2D eigenvalue weighted by molar-refractivity contribution is 6.30. The summed E-state index contributed by atoms with van der Waals surface area (Å²) in [6, 6.07) is 32.8. The van der Waals surface area contributed by atoms with E-state index in [-0.39, 0.29) is 22.8 Å². The summed E-state index contributed by atoms with van der Waals surface area (Å²) in [5, 5.41) is 6.94. The predicted molar refractivity (Wildman–Crippen MR) is 215 cm³/mol. The van der Waals surface area contributed by atoms with Gasteiger partial charge in [0.05, 0.1) is 23.5 Å². The highest BCUT2D eigenvalue weighted by atomic mass is 35.5. The molecule has 10 nitrogen and oxygen atoms in total. The minimum atomic E-state index is -0.522. The second kappa shape index (κ2) is 16.6. The number of pyridine rings is 2. The van der Waals surface area contributed by atoms with Gasteiger partial charge in [-0.1, -0.05) is 54.1 Å². The zero-order chi connectivity index (χ0) is 39.1. The number of aromatic nitrogens is 6. The largest absolute Gasteiger partial charge is 0.452 e. The monoisotopic (exact) mass is 776 g/mol. The number of benzene rings is 4. The topological polar surface area (TPSA) is 120 Å². The molecule has 13 heteroatoms. The van der Waals surface area contributed by atoms with Gasteiger partial charge in [-0.3, -0.25) is 9.97 Å². The first-order valence-corrected chi connectivity index (χ1v) is 18.1. The molecule has 0 aliphatic carbocycles. The lowest BCUT2D eigenvalue weighted by Gasteiger charge is -2.16. The maximum Gasteiger partial charge on any atom is 0.188 e. The van der Waals surface area contributed by atoms with Gasteiger partial charge in [0.15, 0.2) is 34.8 Å². The van der Waals surface area contributed by atoms with E-state index in [4.69, 9.17) is 26.1 Å². The maximum absolute atomic E-state index is 15.6. The molecule has 57 heavy (non-hydrogen) atoms. The second-order valence-electron chi connectivity index (χ2n) is 12.7. The molecule has 0 saturated carbocycles. The molecule has 4 aromatic heterocycles. The quantitative estimate of drug-likeness (QED) is 0.124. The number of rotatable bonds is 12. The number of nitrogens with zero attached hydrogens (tertiary/aromatic N) is 6. The Labute approximate surface area is 331 Å². The van der Waals surface area contributed by atoms with Gasteiger partial charge in [-0.05, 0) is 90.8 Å². The molecule has 0 atom stereocenters. The summed E-state index contributed by atoms with van der Waals surface area (Å²) in [6.45, 7) is 1.91. The highest BCUT2D eigenvalue weighted by Crippen LogP contribution is 2.36. The van der Waals surface area contributed by atoms with Crippen LogP contribution < -0.4 is 20.1 Å². The molecule has 0 spiro atoms. The third kappa shape index (κ3) is 8.66. The van der Waals surface area contributed by atoms with Crippen LogP contribution in [0.15, 0.2) is 146 Å². The van der Waals surface area contributed by atoms with Gasteiger partial charge >= 0.3 is 0 Å². The van der Waals surface area contributed by atoms with Gasteiger partial charge in [-0.15, -0.1) is 0 Å². The highest BCUT2D eigenvalue weighted by Gasteiger charge is 2.19. The van der Waals surface area contributed by atoms with Crippen molar-refractivity contribution in [2.45, 2.75) is 13.3 Å². The van der Waals surface area contributed by atoms with E-state index in [9.17, 15) is 4.39 Å². The van der Waals surface area contributed by atoms with Crippen molar-refractivity contribution in [3.8, 4) is 45.8 Å². The van der Waals surface area contributed by atoms with E-state index in [1.807, 2.05) is 55.5 Å². The molecule has 8 rings (SSSR count). The first kappa shape index (κ1) is 36.7. The standard InChI is InChI=1S/C44H31ClF2N8O2/c1-27-37(53-44-40(57-32-10-6-3-7-11-32)26-51-42(55-44)34-24-29(45)13-15-36(34)47)18-21-49-38(27)23-28-12-14-35(46)33(22-28)41-50-25-39(56-31-8-4-2-5-9-31)43(54-41)52-30-16-19-48-20-17-30/h2-22,24-26H,23H2,1H3,(H,48,50,52,54)(H,49,51,53,55). The van der Waals surface area contributed by atoms with Gasteiger partial charge in [0, 0.05) is 47.1 Å². The minimum Gasteiger partial charge on any atom is -0.452 e. The van der Waals surface area contributed by atoms with Crippen LogP contribution in [0.1, 0.15) is 16.8 Å². The molecular formula is C44H31ClF2N8O2. The summed E-state index contributed by atoms with van der Waals surface area (Å²) in [7, 11) is 0. The fourth-order valence-corrected chi connectivity index (χ4v) is 6.04. The van der Waals surface area contributed by atoms with Crippen molar-refractivity contribution < 1.29 is 18.3 Å². The van der Waals surface area contributed by atoms with E-state index in [1.165, 1.54) is 36.7 Å². The number of hydrogen-bond acceptors (Lipinski definition) is 10. The molecule has 0 aliphatic heterocycles. The molecule has 4 heterocycles. The Hall–Kier alpha value is -7.31. The Balaban J connectivity index is 1.10. The first-order valence-electron chi connectivity index (χ1n) is 17.7. The van der Waals surface area contributed by atoms with Crippen molar-refractivity contribution in [2.75, 3.05) is 10.6 Å². The average Bonchev–Trinajstić information content (AvgIpc) is 3.23. The first-order chi connectivity index (χ1) is 27.9. The molecule has 0 saturated heterocycles. The van der Waals surface area contributed by atoms with Crippen LogP contribution in [-0.2, 0) is 6.42 Å². The molecule has 8 aromatic rings. The van der Waals surface area contributed by atoms with Crippen molar-refractivity contribution >= 4 is 34.6 Å². The summed E-state index contributed by atoms with van der Waals surface area (Å²) in [6.07, 6.45) is 8.31. The van der Waals surface area contributed by atoms with Crippen molar-refractivity contribution in [3.05, 3.63) is 180 Å². The molecule has 280 valence electrons. The lowest BCUT2D eigenvalue weighted by atomic mass is 10.0. The Kier molecular flexibility index (Phi) is 10.7. The fraction of sp³-hybridized carbons (Fsp3) is 0.0455. The Morgan fingerprint density at radius 1 is 0.614 bits per heavy atom. The summed E-state index contributed by atoms with van der Waals surface area (Å²) >= 11 is 6.20. The van der Waals surface area contributed by atoms with Crippen LogP contribution in [0, 0.1) is 18.6 Å². The zero-order valence-corrected chi connectivity index (χ0v) is 31.0. The molecule has 0 unspecified atom stereocenters. The number of anilines is 4. The normalized spacial score (nSPS) is 10.9. The number of hydrogen-bond donors (Lipinski definition) is 2. The van der Waals surface area contributed by atoms with Crippen LogP contribution in [0.5, 0.6) is 23.0 Å². The number of halogens is 3. The van der Waals surface area contributed by atoms with Gasteiger partial charge in [-0.25, -0.2) is 28.7 Å². The van der Waals surface area contributed by atoms with Crippen molar-refractivity contribution in [1.82, 2.24) is 29.9 Å². The van der Waals surface area contributed by atoms with E-state index >= 15 is 4.39 Å². The average molecular weight is 777 g/mol. The van der Waals surface area contributed by atoms with Crippen molar-refractivity contribution in [1.29, 1.82) is 0 Å². The van der Waals surface area contributed by atoms with Gasteiger partial charge < -0.3 is 20.1 Å². The van der Waals surface area contributed by atoms with E-state index in [2.05, 4.69) is 35.6 Å². The van der Waals surface area contributed by atoms with Gasteiger partial charge in [0.1, 0.15) is 23.1 Å². The fourth-order valence-electron chi connectivity index (χ4n) is 5.87. The Bertz CT molecular complexity index is 2680. The SMILES string of the molecule is Cc1c(Nc2nc(-c3cc(Cl)ccc3F)ncc2Oc2ccccc2)ccnc1Cc1ccc(F)c(-c2ncc(Oc3ccccc3)c(Nc3ccncc3)n2)c1. The van der Waals surface area contributed by atoms with Crippen LogP contribution >= 0.6 is 11.6 Å². The lowest BCUT2D eigenvalue weighted by Crippen LogP contribution is -2.05. The Morgan fingerprint density at radius 2 is 1.19 bits per heavy atom. The molecule has 4 aromatic carbocycles. The van der Waals surface area contributed by atoms with Crippen LogP contribution in [0.2, 0.25) is 5.02 Å². The second-order valence-corrected chi connectivity index (χ2v) is 13.1.